The number of hydrogen-bond acceptors (Lipinski definition) is 5. The second-order valence-corrected chi connectivity index (χ2v) is 5.17. The molecule has 0 atom stereocenters. The maximum atomic E-state index is 12.1. The largest absolute Gasteiger partial charge is 0.432 e. The van der Waals surface area contributed by atoms with Gasteiger partial charge in [-0.1, -0.05) is 6.92 Å². The molecule has 0 aromatic carbocycles. The van der Waals surface area contributed by atoms with Crippen molar-refractivity contribution in [2.75, 3.05) is 33.1 Å². The fourth-order valence-corrected chi connectivity index (χ4v) is 2.01. The van der Waals surface area contributed by atoms with Gasteiger partial charge in [-0.2, -0.15) is 0 Å². The second kappa shape index (κ2) is 5.95. The molecule has 0 N–H and O–H groups in total. The number of ketones is 1. The van der Waals surface area contributed by atoms with Gasteiger partial charge >= 0.3 is 0 Å². The summed E-state index contributed by atoms with van der Waals surface area (Å²) in [6.45, 7) is 1.80. The Hall–Kier alpha value is -2.37. The SMILES string of the molecule is CCC(=O)c1oc2nccc(N(C)C)c2c1N=CN(C)C. The maximum absolute atomic E-state index is 12.1. The molecular weight excluding hydrogens is 268 g/mol. The van der Waals surface area contributed by atoms with Crippen LogP contribution in [0.25, 0.3) is 11.1 Å². The Labute approximate surface area is 124 Å². The minimum Gasteiger partial charge on any atom is -0.432 e. The van der Waals surface area contributed by atoms with Crippen molar-refractivity contribution in [2.24, 2.45) is 4.99 Å². The number of pyridine rings is 1. The van der Waals surface area contributed by atoms with Crippen molar-refractivity contribution in [3.63, 3.8) is 0 Å². The summed E-state index contributed by atoms with van der Waals surface area (Å²) >= 11 is 0. The molecule has 0 spiro atoms. The van der Waals surface area contributed by atoms with Gasteiger partial charge in [0.25, 0.3) is 0 Å². The van der Waals surface area contributed by atoms with Gasteiger partial charge in [0.05, 0.1) is 17.4 Å². The van der Waals surface area contributed by atoms with Crippen LogP contribution in [0.15, 0.2) is 21.7 Å². The van der Waals surface area contributed by atoms with Crippen LogP contribution in [0.1, 0.15) is 23.9 Å². The van der Waals surface area contributed by atoms with Crippen molar-refractivity contribution in [1.82, 2.24) is 9.88 Å². The molecule has 0 saturated carbocycles. The van der Waals surface area contributed by atoms with E-state index in [0.717, 1.165) is 11.1 Å². The molecule has 112 valence electrons. The van der Waals surface area contributed by atoms with Crippen molar-refractivity contribution in [3.8, 4) is 0 Å². The monoisotopic (exact) mass is 288 g/mol. The van der Waals surface area contributed by atoms with Crippen LogP contribution in [0.4, 0.5) is 11.4 Å². The van der Waals surface area contributed by atoms with Crippen LogP contribution in [0.2, 0.25) is 0 Å². The number of furan rings is 1. The summed E-state index contributed by atoms with van der Waals surface area (Å²) in [5.74, 6) is 0.191. The van der Waals surface area contributed by atoms with Gasteiger partial charge in [-0.05, 0) is 6.07 Å². The van der Waals surface area contributed by atoms with Crippen LogP contribution in [-0.4, -0.2) is 50.2 Å². The molecule has 6 heteroatoms. The van der Waals surface area contributed by atoms with Crippen LogP contribution >= 0.6 is 0 Å². The van der Waals surface area contributed by atoms with Gasteiger partial charge in [0, 0.05) is 40.8 Å². The van der Waals surface area contributed by atoms with E-state index in [-0.39, 0.29) is 11.5 Å². The molecule has 21 heavy (non-hydrogen) atoms. The van der Waals surface area contributed by atoms with Gasteiger partial charge in [0.15, 0.2) is 11.5 Å². The van der Waals surface area contributed by atoms with E-state index < -0.39 is 0 Å². The first-order valence-electron chi connectivity index (χ1n) is 6.78. The van der Waals surface area contributed by atoms with E-state index in [4.69, 9.17) is 4.42 Å². The van der Waals surface area contributed by atoms with Crippen LogP contribution < -0.4 is 4.90 Å². The van der Waals surface area contributed by atoms with Gasteiger partial charge < -0.3 is 14.2 Å². The van der Waals surface area contributed by atoms with Gasteiger partial charge in [0.1, 0.15) is 5.69 Å². The molecule has 0 amide bonds. The summed E-state index contributed by atoms with van der Waals surface area (Å²) in [4.78, 5) is 24.5. The third kappa shape index (κ3) is 2.89. The zero-order valence-corrected chi connectivity index (χ0v) is 13.0. The lowest BCUT2D eigenvalue weighted by Gasteiger charge is -2.13. The summed E-state index contributed by atoms with van der Waals surface area (Å²) in [6.07, 6.45) is 3.69. The molecule has 2 aromatic heterocycles. The van der Waals surface area contributed by atoms with Gasteiger partial charge in [-0.3, -0.25) is 4.79 Å². The summed E-state index contributed by atoms with van der Waals surface area (Å²) in [5.41, 5.74) is 1.90. The van der Waals surface area contributed by atoms with Crippen molar-refractivity contribution in [3.05, 3.63) is 18.0 Å². The highest BCUT2D eigenvalue weighted by atomic mass is 16.4. The number of carbonyl (C=O) groups excluding carboxylic acids is 1. The quantitative estimate of drug-likeness (QED) is 0.481. The van der Waals surface area contributed by atoms with Crippen LogP contribution in [-0.2, 0) is 0 Å². The summed E-state index contributed by atoms with van der Waals surface area (Å²) < 4.78 is 5.66. The minimum atomic E-state index is -0.0800. The average molecular weight is 288 g/mol. The van der Waals surface area contributed by atoms with Crippen molar-refractivity contribution in [1.29, 1.82) is 0 Å². The Bertz CT molecular complexity index is 686. The fraction of sp³-hybridized carbons (Fsp3) is 0.400. The number of aromatic nitrogens is 1. The number of nitrogens with zero attached hydrogens (tertiary/aromatic N) is 4. The van der Waals surface area contributed by atoms with E-state index in [1.54, 1.807) is 19.5 Å². The van der Waals surface area contributed by atoms with E-state index in [1.807, 2.05) is 44.1 Å². The third-order valence-corrected chi connectivity index (χ3v) is 3.02. The number of carbonyl (C=O) groups is 1. The molecule has 0 fully saturated rings. The van der Waals surface area contributed by atoms with Gasteiger partial charge in [-0.15, -0.1) is 0 Å². The van der Waals surface area contributed by atoms with Crippen LogP contribution in [0.3, 0.4) is 0 Å². The van der Waals surface area contributed by atoms with Crippen molar-refractivity contribution in [2.45, 2.75) is 13.3 Å². The van der Waals surface area contributed by atoms with Gasteiger partial charge in [-0.25, -0.2) is 9.98 Å². The Morgan fingerprint density at radius 1 is 1.38 bits per heavy atom. The van der Waals surface area contributed by atoms with E-state index in [9.17, 15) is 4.79 Å². The number of Topliss-reactive ketones (excluding diaryl/α,β-unsaturated/α-hetero) is 1. The molecule has 6 nitrogen and oxygen atoms in total. The summed E-state index contributed by atoms with van der Waals surface area (Å²) in [6, 6.07) is 1.88. The molecular formula is C15H20N4O2. The van der Waals surface area contributed by atoms with E-state index in [2.05, 4.69) is 9.98 Å². The molecule has 0 saturated heterocycles. The number of aliphatic imine (C=N–C) groups is 1. The lowest BCUT2D eigenvalue weighted by Crippen LogP contribution is -2.09. The summed E-state index contributed by atoms with van der Waals surface area (Å²) in [5, 5.41) is 0.761. The average Bonchev–Trinajstić information content (AvgIpc) is 2.82. The Morgan fingerprint density at radius 2 is 2.10 bits per heavy atom. The predicted octanol–water partition coefficient (Wildman–Crippen LogP) is 2.71. The first-order valence-corrected chi connectivity index (χ1v) is 6.78. The number of rotatable bonds is 5. The minimum absolute atomic E-state index is 0.0800. The zero-order valence-electron chi connectivity index (χ0n) is 13.0. The second-order valence-electron chi connectivity index (χ2n) is 5.17. The number of anilines is 1. The maximum Gasteiger partial charge on any atom is 0.231 e. The molecule has 2 aromatic rings. The Kier molecular flexibility index (Phi) is 4.26. The molecule has 0 aliphatic rings. The molecule has 0 aliphatic heterocycles. The molecule has 2 heterocycles. The van der Waals surface area contributed by atoms with E-state index in [1.165, 1.54) is 0 Å². The first kappa shape index (κ1) is 15.0. The Morgan fingerprint density at radius 3 is 2.67 bits per heavy atom. The molecule has 0 radical (unpaired) electrons. The van der Waals surface area contributed by atoms with Crippen molar-refractivity contribution >= 4 is 34.6 Å². The highest BCUT2D eigenvalue weighted by molar-refractivity contribution is 6.09. The van der Waals surface area contributed by atoms with Crippen molar-refractivity contribution < 1.29 is 9.21 Å². The zero-order chi connectivity index (χ0) is 15.6. The number of fused-ring (bicyclic) bond motifs is 1. The van der Waals surface area contributed by atoms with Crippen LogP contribution in [0, 0.1) is 0 Å². The predicted molar refractivity (Wildman–Crippen MR) is 84.8 cm³/mol. The molecule has 0 aliphatic carbocycles. The first-order chi connectivity index (χ1) is 9.95. The third-order valence-electron chi connectivity index (χ3n) is 3.02. The van der Waals surface area contributed by atoms with E-state index >= 15 is 0 Å². The van der Waals surface area contributed by atoms with E-state index in [0.29, 0.717) is 17.8 Å². The molecule has 2 rings (SSSR count). The summed E-state index contributed by atoms with van der Waals surface area (Å²) in [7, 11) is 7.61. The fourth-order valence-electron chi connectivity index (χ4n) is 2.01. The highest BCUT2D eigenvalue weighted by Gasteiger charge is 2.22. The molecule has 0 bridgehead atoms. The lowest BCUT2D eigenvalue weighted by molar-refractivity contribution is 0.0964. The normalized spacial score (nSPS) is 11.3. The molecule has 0 unspecified atom stereocenters. The highest BCUT2D eigenvalue weighted by Crippen LogP contribution is 2.38. The lowest BCUT2D eigenvalue weighted by atomic mass is 10.1. The standard InChI is InChI=1S/C15H20N4O2/c1-6-11(20)14-13(17-9-18(2)3)12-10(19(4)5)7-8-16-15(12)21-14/h7-9H,6H2,1-5H3. The van der Waals surface area contributed by atoms with Crippen LogP contribution in [0.5, 0.6) is 0 Å². The van der Waals surface area contributed by atoms with Gasteiger partial charge in [0.2, 0.25) is 5.71 Å². The number of hydrogen-bond donors (Lipinski definition) is 0. The smallest absolute Gasteiger partial charge is 0.231 e. The Balaban J connectivity index is 2.76. The topological polar surface area (TPSA) is 61.9 Å².